The van der Waals surface area contributed by atoms with Crippen LogP contribution in [0, 0.1) is 6.92 Å². The molecule has 2 saturated carbocycles. The number of aromatic nitrogens is 4. The van der Waals surface area contributed by atoms with Crippen molar-refractivity contribution in [1.82, 2.24) is 30.4 Å². The second kappa shape index (κ2) is 9.40. The van der Waals surface area contributed by atoms with E-state index in [9.17, 15) is 9.59 Å². The van der Waals surface area contributed by atoms with Crippen LogP contribution in [-0.2, 0) is 16.1 Å². The molecule has 4 rings (SSSR count). The van der Waals surface area contributed by atoms with Crippen LogP contribution in [0.5, 0.6) is 0 Å². The normalized spacial score (nSPS) is 17.9. The second-order valence-electron chi connectivity index (χ2n) is 8.42. The monoisotopic (exact) mass is 414 g/mol. The SMILES string of the molecule is Cc1ccc(-c2nnn(CC(=O)N(CC(=O)NC3CCCC3)C3CCCCC3)n2)o1. The number of hydrogen-bond donors (Lipinski definition) is 1. The lowest BCUT2D eigenvalue weighted by atomic mass is 9.94. The Balaban J connectivity index is 1.42. The van der Waals surface area contributed by atoms with Crippen LogP contribution in [0.2, 0.25) is 0 Å². The van der Waals surface area contributed by atoms with Crippen LogP contribution in [0.4, 0.5) is 0 Å². The van der Waals surface area contributed by atoms with Gasteiger partial charge in [0.05, 0.1) is 6.54 Å². The minimum Gasteiger partial charge on any atom is -0.458 e. The fourth-order valence-electron chi connectivity index (χ4n) is 4.49. The molecule has 2 aliphatic rings. The van der Waals surface area contributed by atoms with E-state index in [1.54, 1.807) is 11.0 Å². The first-order valence-electron chi connectivity index (χ1n) is 11.0. The second-order valence-corrected chi connectivity index (χ2v) is 8.42. The molecule has 0 unspecified atom stereocenters. The molecule has 0 atom stereocenters. The summed E-state index contributed by atoms with van der Waals surface area (Å²) in [5, 5.41) is 15.4. The van der Waals surface area contributed by atoms with Crippen LogP contribution in [0.15, 0.2) is 16.5 Å². The summed E-state index contributed by atoms with van der Waals surface area (Å²) >= 11 is 0. The third kappa shape index (κ3) is 5.06. The lowest BCUT2D eigenvalue weighted by Crippen LogP contribution is -2.49. The maximum absolute atomic E-state index is 13.1. The van der Waals surface area contributed by atoms with Gasteiger partial charge in [-0.15, -0.1) is 10.2 Å². The van der Waals surface area contributed by atoms with Gasteiger partial charge in [-0.3, -0.25) is 9.59 Å². The third-order valence-corrected chi connectivity index (χ3v) is 6.06. The average Bonchev–Trinajstić information content (AvgIpc) is 3.49. The van der Waals surface area contributed by atoms with E-state index in [0.717, 1.165) is 57.1 Å². The van der Waals surface area contributed by atoms with Crippen molar-refractivity contribution in [3.05, 3.63) is 17.9 Å². The first-order valence-corrected chi connectivity index (χ1v) is 11.0. The summed E-state index contributed by atoms with van der Waals surface area (Å²) in [6.07, 6.45) is 9.60. The summed E-state index contributed by atoms with van der Waals surface area (Å²) in [5.74, 6) is 1.40. The molecule has 2 aliphatic carbocycles. The minimum absolute atomic E-state index is 0.0418. The van der Waals surface area contributed by atoms with E-state index < -0.39 is 0 Å². The van der Waals surface area contributed by atoms with Gasteiger partial charge in [0.2, 0.25) is 17.6 Å². The van der Waals surface area contributed by atoms with Crippen molar-refractivity contribution in [2.24, 2.45) is 0 Å². The lowest BCUT2D eigenvalue weighted by molar-refractivity contribution is -0.140. The molecule has 9 heteroatoms. The Labute approximate surface area is 176 Å². The van der Waals surface area contributed by atoms with E-state index in [-0.39, 0.29) is 37.0 Å². The molecule has 0 radical (unpaired) electrons. The van der Waals surface area contributed by atoms with Crippen molar-refractivity contribution < 1.29 is 14.0 Å². The molecule has 30 heavy (non-hydrogen) atoms. The zero-order valence-corrected chi connectivity index (χ0v) is 17.5. The lowest BCUT2D eigenvalue weighted by Gasteiger charge is -2.34. The Morgan fingerprint density at radius 2 is 1.87 bits per heavy atom. The molecule has 0 saturated heterocycles. The molecule has 162 valence electrons. The largest absolute Gasteiger partial charge is 0.458 e. The smallest absolute Gasteiger partial charge is 0.246 e. The Bertz CT molecular complexity index is 864. The number of rotatable bonds is 7. The summed E-state index contributed by atoms with van der Waals surface area (Å²) < 4.78 is 5.52. The third-order valence-electron chi connectivity index (χ3n) is 6.06. The summed E-state index contributed by atoms with van der Waals surface area (Å²) in [6, 6.07) is 3.95. The number of nitrogens with one attached hydrogen (secondary N) is 1. The van der Waals surface area contributed by atoms with Crippen LogP contribution in [0.25, 0.3) is 11.6 Å². The van der Waals surface area contributed by atoms with Crippen LogP contribution in [0.1, 0.15) is 63.5 Å². The molecule has 2 aromatic heterocycles. The highest BCUT2D eigenvalue weighted by atomic mass is 16.3. The topological polar surface area (TPSA) is 106 Å². The minimum atomic E-state index is -0.150. The number of carbonyl (C=O) groups is 2. The zero-order chi connectivity index (χ0) is 20.9. The van der Waals surface area contributed by atoms with Gasteiger partial charge in [-0.1, -0.05) is 32.1 Å². The van der Waals surface area contributed by atoms with Gasteiger partial charge >= 0.3 is 0 Å². The van der Waals surface area contributed by atoms with E-state index in [1.165, 1.54) is 11.2 Å². The molecule has 2 aromatic rings. The van der Waals surface area contributed by atoms with Crippen LogP contribution in [-0.4, -0.2) is 55.5 Å². The Kier molecular flexibility index (Phi) is 6.44. The number of tetrazole rings is 1. The maximum atomic E-state index is 13.1. The molecule has 2 heterocycles. The molecule has 0 spiro atoms. The number of hydrogen-bond acceptors (Lipinski definition) is 6. The zero-order valence-electron chi connectivity index (χ0n) is 17.5. The summed E-state index contributed by atoms with van der Waals surface area (Å²) in [7, 11) is 0. The Hall–Kier alpha value is -2.71. The van der Waals surface area contributed by atoms with E-state index in [0.29, 0.717) is 11.6 Å². The molecule has 1 N–H and O–H groups in total. The van der Waals surface area contributed by atoms with Crippen molar-refractivity contribution in [2.75, 3.05) is 6.54 Å². The summed E-state index contributed by atoms with van der Waals surface area (Å²) in [4.78, 5) is 28.8. The first kappa shape index (κ1) is 20.6. The first-order chi connectivity index (χ1) is 14.6. The number of amides is 2. The van der Waals surface area contributed by atoms with Gasteiger partial charge in [-0.05, 0) is 50.0 Å². The van der Waals surface area contributed by atoms with Gasteiger partial charge in [0, 0.05) is 12.1 Å². The average molecular weight is 415 g/mol. The predicted molar refractivity (Wildman–Crippen MR) is 109 cm³/mol. The molecule has 0 bridgehead atoms. The van der Waals surface area contributed by atoms with Gasteiger partial charge in [-0.2, -0.15) is 4.80 Å². The Morgan fingerprint density at radius 1 is 1.13 bits per heavy atom. The van der Waals surface area contributed by atoms with Crippen molar-refractivity contribution in [3.63, 3.8) is 0 Å². The van der Waals surface area contributed by atoms with Crippen LogP contribution in [0.3, 0.4) is 0 Å². The maximum Gasteiger partial charge on any atom is 0.246 e. The van der Waals surface area contributed by atoms with E-state index in [4.69, 9.17) is 4.42 Å². The van der Waals surface area contributed by atoms with Crippen molar-refractivity contribution >= 4 is 11.8 Å². The molecule has 2 fully saturated rings. The number of carbonyl (C=O) groups excluding carboxylic acids is 2. The van der Waals surface area contributed by atoms with Crippen molar-refractivity contribution in [3.8, 4) is 11.6 Å². The summed E-state index contributed by atoms with van der Waals surface area (Å²) in [5.41, 5.74) is 0. The van der Waals surface area contributed by atoms with Crippen molar-refractivity contribution in [1.29, 1.82) is 0 Å². The predicted octanol–water partition coefficient (Wildman–Crippen LogP) is 2.46. The van der Waals surface area contributed by atoms with Crippen molar-refractivity contribution in [2.45, 2.75) is 83.3 Å². The van der Waals surface area contributed by atoms with Gasteiger partial charge in [0.1, 0.15) is 12.3 Å². The van der Waals surface area contributed by atoms with Crippen LogP contribution < -0.4 is 5.32 Å². The van der Waals surface area contributed by atoms with Gasteiger partial charge in [0.25, 0.3) is 0 Å². The Morgan fingerprint density at radius 3 is 2.57 bits per heavy atom. The van der Waals surface area contributed by atoms with E-state index in [2.05, 4.69) is 20.7 Å². The molecular weight excluding hydrogens is 384 g/mol. The standard InChI is InChI=1S/C21H30N6O3/c1-15-11-12-18(30-15)21-23-25-27(24-21)14-20(29)26(17-9-3-2-4-10-17)13-19(28)22-16-7-5-6-8-16/h11-12,16-17H,2-10,13-14H2,1H3,(H,22,28). The highest BCUT2D eigenvalue weighted by Gasteiger charge is 2.29. The summed E-state index contributed by atoms with van der Waals surface area (Å²) in [6.45, 7) is 1.90. The molecule has 2 amide bonds. The number of furan rings is 1. The highest BCUT2D eigenvalue weighted by Crippen LogP contribution is 2.23. The fraction of sp³-hybridized carbons (Fsp3) is 0.667. The molecule has 0 aliphatic heterocycles. The number of nitrogens with zero attached hydrogens (tertiary/aromatic N) is 5. The fourth-order valence-corrected chi connectivity index (χ4v) is 4.49. The van der Waals surface area contributed by atoms with E-state index >= 15 is 0 Å². The molecule has 9 nitrogen and oxygen atoms in total. The molecule has 0 aromatic carbocycles. The van der Waals surface area contributed by atoms with Gasteiger partial charge < -0.3 is 14.6 Å². The van der Waals surface area contributed by atoms with E-state index in [1.807, 2.05) is 13.0 Å². The van der Waals surface area contributed by atoms with Gasteiger partial charge in [-0.25, -0.2) is 0 Å². The highest BCUT2D eigenvalue weighted by molar-refractivity contribution is 5.85. The quantitative estimate of drug-likeness (QED) is 0.746. The van der Waals surface area contributed by atoms with Crippen LogP contribution >= 0.6 is 0 Å². The number of aryl methyl sites for hydroxylation is 1. The van der Waals surface area contributed by atoms with Gasteiger partial charge in [0.15, 0.2) is 5.76 Å². The molecular formula is C21H30N6O3.